The second-order valence-corrected chi connectivity index (χ2v) is 6.14. The molecule has 0 aromatic rings. The third-order valence-electron chi connectivity index (χ3n) is 4.29. The zero-order chi connectivity index (χ0) is 13.9. The summed E-state index contributed by atoms with van der Waals surface area (Å²) in [5.41, 5.74) is 5.89. The van der Waals surface area contributed by atoms with E-state index in [1.54, 1.807) is 19.0 Å². The van der Waals surface area contributed by atoms with Gasteiger partial charge in [0, 0.05) is 45.7 Å². The van der Waals surface area contributed by atoms with Crippen LogP contribution in [-0.4, -0.2) is 55.0 Å². The molecule has 0 saturated carbocycles. The van der Waals surface area contributed by atoms with E-state index in [-0.39, 0.29) is 11.9 Å². The van der Waals surface area contributed by atoms with Crippen molar-refractivity contribution in [3.8, 4) is 0 Å². The van der Waals surface area contributed by atoms with Gasteiger partial charge in [-0.15, -0.1) is 0 Å². The molecule has 4 atom stereocenters. The summed E-state index contributed by atoms with van der Waals surface area (Å²) in [6.07, 6.45) is 1.81. The van der Waals surface area contributed by atoms with Crippen LogP contribution in [0, 0.1) is 11.8 Å². The van der Waals surface area contributed by atoms with Crippen LogP contribution in [0.5, 0.6) is 0 Å². The number of nitrogens with zero attached hydrogens (tertiary/aromatic N) is 2. The molecule has 0 aliphatic carbocycles. The summed E-state index contributed by atoms with van der Waals surface area (Å²) < 4.78 is 0. The summed E-state index contributed by atoms with van der Waals surface area (Å²) in [6, 6.07) is 0.699. The molecule has 1 amide bonds. The molecule has 1 aliphatic rings. The lowest BCUT2D eigenvalue weighted by Crippen LogP contribution is -2.54. The maximum atomic E-state index is 11.9. The Morgan fingerprint density at radius 1 is 1.39 bits per heavy atom. The summed E-state index contributed by atoms with van der Waals surface area (Å²) in [5, 5.41) is 0. The van der Waals surface area contributed by atoms with Gasteiger partial charge in [-0.05, 0) is 25.2 Å². The fraction of sp³-hybridized carbons (Fsp3) is 0.929. The Morgan fingerprint density at radius 2 is 2.00 bits per heavy atom. The van der Waals surface area contributed by atoms with Gasteiger partial charge in [0.05, 0.1) is 0 Å². The molecule has 1 heterocycles. The summed E-state index contributed by atoms with van der Waals surface area (Å²) in [6.45, 7) is 8.47. The lowest BCUT2D eigenvalue weighted by atomic mass is 9.84. The van der Waals surface area contributed by atoms with Gasteiger partial charge in [-0.3, -0.25) is 9.69 Å². The first-order valence-electron chi connectivity index (χ1n) is 7.02. The quantitative estimate of drug-likeness (QED) is 0.820. The van der Waals surface area contributed by atoms with Crippen LogP contribution in [0.3, 0.4) is 0 Å². The van der Waals surface area contributed by atoms with Crippen LogP contribution >= 0.6 is 0 Å². The van der Waals surface area contributed by atoms with Crippen molar-refractivity contribution in [3.05, 3.63) is 0 Å². The number of hydrogen-bond donors (Lipinski definition) is 1. The van der Waals surface area contributed by atoms with Gasteiger partial charge >= 0.3 is 0 Å². The molecular weight excluding hydrogens is 226 g/mol. The van der Waals surface area contributed by atoms with Crippen molar-refractivity contribution in [2.45, 2.75) is 45.7 Å². The first-order chi connectivity index (χ1) is 8.36. The van der Waals surface area contributed by atoms with E-state index >= 15 is 0 Å². The molecule has 2 N–H and O–H groups in total. The molecule has 4 nitrogen and oxygen atoms in total. The third-order valence-corrected chi connectivity index (χ3v) is 4.29. The molecule has 1 rings (SSSR count). The number of piperidine rings is 1. The predicted octanol–water partition coefficient (Wildman–Crippen LogP) is 1.16. The fourth-order valence-corrected chi connectivity index (χ4v) is 2.96. The number of rotatable bonds is 4. The van der Waals surface area contributed by atoms with Crippen molar-refractivity contribution in [1.29, 1.82) is 0 Å². The highest BCUT2D eigenvalue weighted by Gasteiger charge is 2.33. The molecule has 1 fully saturated rings. The monoisotopic (exact) mass is 255 g/mol. The average molecular weight is 255 g/mol. The third kappa shape index (κ3) is 3.69. The van der Waals surface area contributed by atoms with Crippen LogP contribution in [0.2, 0.25) is 0 Å². The van der Waals surface area contributed by atoms with E-state index in [4.69, 9.17) is 5.73 Å². The van der Waals surface area contributed by atoms with E-state index in [0.29, 0.717) is 30.8 Å². The van der Waals surface area contributed by atoms with Crippen LogP contribution in [0.15, 0.2) is 0 Å². The lowest BCUT2D eigenvalue weighted by Gasteiger charge is -2.45. The van der Waals surface area contributed by atoms with Crippen molar-refractivity contribution >= 4 is 5.91 Å². The largest absolute Gasteiger partial charge is 0.349 e. The smallest absolute Gasteiger partial charge is 0.223 e. The van der Waals surface area contributed by atoms with Crippen LogP contribution in [0.25, 0.3) is 0 Å². The molecule has 0 aromatic carbocycles. The number of carbonyl (C=O) groups excluding carboxylic acids is 1. The van der Waals surface area contributed by atoms with E-state index < -0.39 is 0 Å². The van der Waals surface area contributed by atoms with Crippen molar-refractivity contribution < 1.29 is 4.79 Å². The zero-order valence-corrected chi connectivity index (χ0v) is 12.5. The van der Waals surface area contributed by atoms with E-state index in [0.717, 1.165) is 6.54 Å². The molecule has 4 unspecified atom stereocenters. The van der Waals surface area contributed by atoms with Crippen LogP contribution in [-0.2, 0) is 4.79 Å². The molecule has 1 aliphatic heterocycles. The summed E-state index contributed by atoms with van der Waals surface area (Å²) in [4.78, 5) is 16.0. The van der Waals surface area contributed by atoms with Crippen molar-refractivity contribution in [2.24, 2.45) is 17.6 Å². The first-order valence-corrected chi connectivity index (χ1v) is 7.02. The molecule has 4 heteroatoms. The SMILES string of the molecule is CC1CC(C)C(C)N(C(CN)CC(=O)N(C)C)C1. The molecule has 0 spiro atoms. The van der Waals surface area contributed by atoms with Crippen molar-refractivity contribution in [2.75, 3.05) is 27.2 Å². The Balaban J connectivity index is 2.71. The summed E-state index contributed by atoms with van der Waals surface area (Å²) in [7, 11) is 3.61. The second-order valence-electron chi connectivity index (χ2n) is 6.14. The highest BCUT2D eigenvalue weighted by atomic mass is 16.2. The second kappa shape index (κ2) is 6.53. The van der Waals surface area contributed by atoms with Gasteiger partial charge in [-0.1, -0.05) is 13.8 Å². The molecule has 0 radical (unpaired) electrons. The van der Waals surface area contributed by atoms with E-state index in [9.17, 15) is 4.79 Å². The topological polar surface area (TPSA) is 49.6 Å². The van der Waals surface area contributed by atoms with E-state index in [2.05, 4.69) is 25.7 Å². The van der Waals surface area contributed by atoms with Crippen molar-refractivity contribution in [1.82, 2.24) is 9.80 Å². The minimum atomic E-state index is 0.170. The molecule has 18 heavy (non-hydrogen) atoms. The van der Waals surface area contributed by atoms with Gasteiger partial charge in [0.15, 0.2) is 0 Å². The standard InChI is InChI=1S/C14H29N3O/c1-10-6-11(2)12(3)17(9-10)13(8-15)7-14(18)16(4)5/h10-13H,6-9,15H2,1-5H3. The van der Waals surface area contributed by atoms with Crippen molar-refractivity contribution in [3.63, 3.8) is 0 Å². The number of carbonyl (C=O) groups is 1. The predicted molar refractivity (Wildman–Crippen MR) is 75.3 cm³/mol. The number of likely N-dealkylation sites (tertiary alicyclic amines) is 1. The molecule has 106 valence electrons. The van der Waals surface area contributed by atoms with E-state index in [1.165, 1.54) is 6.42 Å². The van der Waals surface area contributed by atoms with Gasteiger partial charge in [0.25, 0.3) is 0 Å². The van der Waals surface area contributed by atoms with Gasteiger partial charge in [-0.25, -0.2) is 0 Å². The van der Waals surface area contributed by atoms with Gasteiger partial charge in [0.2, 0.25) is 5.91 Å². The van der Waals surface area contributed by atoms with Crippen LogP contribution in [0.1, 0.15) is 33.6 Å². The zero-order valence-electron chi connectivity index (χ0n) is 12.5. The maximum Gasteiger partial charge on any atom is 0.223 e. The minimum absolute atomic E-state index is 0.170. The Bertz CT molecular complexity index is 280. The molecule has 0 bridgehead atoms. The normalized spacial score (nSPS) is 31.1. The fourth-order valence-electron chi connectivity index (χ4n) is 2.96. The number of amides is 1. The Hall–Kier alpha value is -0.610. The molecular formula is C14H29N3O. The minimum Gasteiger partial charge on any atom is -0.349 e. The highest BCUT2D eigenvalue weighted by Crippen LogP contribution is 2.29. The van der Waals surface area contributed by atoms with Crippen LogP contribution in [0.4, 0.5) is 0 Å². The Morgan fingerprint density at radius 3 is 2.50 bits per heavy atom. The summed E-state index contributed by atoms with van der Waals surface area (Å²) >= 11 is 0. The Kier molecular flexibility index (Phi) is 5.60. The Labute approximate surface area is 111 Å². The molecule has 0 aromatic heterocycles. The van der Waals surface area contributed by atoms with Gasteiger partial charge < -0.3 is 10.6 Å². The molecule has 1 saturated heterocycles. The van der Waals surface area contributed by atoms with Crippen LogP contribution < -0.4 is 5.73 Å². The average Bonchev–Trinajstić information content (AvgIpc) is 2.30. The number of nitrogens with two attached hydrogens (primary N) is 1. The van der Waals surface area contributed by atoms with Gasteiger partial charge in [-0.2, -0.15) is 0 Å². The maximum absolute atomic E-state index is 11.9. The van der Waals surface area contributed by atoms with Gasteiger partial charge in [0.1, 0.15) is 0 Å². The first kappa shape index (κ1) is 15.4. The highest BCUT2D eigenvalue weighted by molar-refractivity contribution is 5.76. The lowest BCUT2D eigenvalue weighted by molar-refractivity contribution is -0.130. The summed E-state index contributed by atoms with van der Waals surface area (Å²) in [5.74, 6) is 1.54. The number of hydrogen-bond acceptors (Lipinski definition) is 3. The van der Waals surface area contributed by atoms with E-state index in [1.807, 2.05) is 0 Å².